The molecule has 0 bridgehead atoms. The molecule has 112 valence electrons. The summed E-state index contributed by atoms with van der Waals surface area (Å²) >= 11 is 0.891. The monoisotopic (exact) mass is 319 g/mol. The van der Waals surface area contributed by atoms with Crippen molar-refractivity contribution in [2.45, 2.75) is 30.4 Å². The number of nitro groups is 1. The highest BCUT2D eigenvalue weighted by Gasteiger charge is 2.27. The van der Waals surface area contributed by atoms with Gasteiger partial charge in [0.25, 0.3) is 0 Å². The Hall–Kier alpha value is -1.19. The third-order valence-corrected chi connectivity index (χ3v) is 6.05. The molecule has 0 spiro atoms. The van der Waals surface area contributed by atoms with Crippen molar-refractivity contribution in [1.82, 2.24) is 4.72 Å². The van der Waals surface area contributed by atoms with Gasteiger partial charge < -0.3 is 5.32 Å². The number of rotatable bonds is 8. The van der Waals surface area contributed by atoms with E-state index >= 15 is 0 Å². The van der Waals surface area contributed by atoms with Crippen LogP contribution in [0.1, 0.15) is 26.2 Å². The lowest BCUT2D eigenvalue weighted by Gasteiger charge is -2.03. The number of nitrogens with zero attached hydrogens (tertiary/aromatic N) is 1. The van der Waals surface area contributed by atoms with Gasteiger partial charge in [0, 0.05) is 19.2 Å². The lowest BCUT2D eigenvalue weighted by atomic mass is 10.3. The van der Waals surface area contributed by atoms with Crippen molar-refractivity contribution < 1.29 is 13.3 Å². The molecule has 20 heavy (non-hydrogen) atoms. The van der Waals surface area contributed by atoms with Gasteiger partial charge in [-0.1, -0.05) is 24.2 Å². The minimum atomic E-state index is -3.66. The molecule has 2 N–H and O–H groups in total. The molecule has 0 atom stereocenters. The normalized spacial score (nSPS) is 15.2. The summed E-state index contributed by atoms with van der Waals surface area (Å²) in [5, 5.41) is 14.0. The highest BCUT2D eigenvalue weighted by molar-refractivity contribution is 7.91. The van der Waals surface area contributed by atoms with Crippen LogP contribution in [0.4, 0.5) is 10.7 Å². The average molecular weight is 319 g/mol. The topological polar surface area (TPSA) is 101 Å². The highest BCUT2D eigenvalue weighted by Crippen LogP contribution is 2.37. The van der Waals surface area contributed by atoms with Gasteiger partial charge in [-0.05, 0) is 19.3 Å². The highest BCUT2D eigenvalue weighted by atomic mass is 32.2. The molecular weight excluding hydrogens is 302 g/mol. The standard InChI is InChI=1S/C11H17N3O4S2/c1-2-12-11-9(14(15)16)7-10(19-11)20(17,18)13-6-5-8-3-4-8/h7-8,12-13H,2-6H2,1H3. The zero-order valence-electron chi connectivity index (χ0n) is 11.1. The molecule has 0 radical (unpaired) electrons. The predicted molar refractivity (Wildman–Crippen MR) is 77.7 cm³/mol. The number of hydrogen-bond acceptors (Lipinski definition) is 6. The van der Waals surface area contributed by atoms with Crippen molar-refractivity contribution in [3.63, 3.8) is 0 Å². The fourth-order valence-electron chi connectivity index (χ4n) is 1.79. The van der Waals surface area contributed by atoms with Crippen molar-refractivity contribution in [3.8, 4) is 0 Å². The molecule has 1 aromatic rings. The molecule has 7 nitrogen and oxygen atoms in total. The zero-order chi connectivity index (χ0) is 14.8. The third kappa shape index (κ3) is 3.68. The summed E-state index contributed by atoms with van der Waals surface area (Å²) in [5.41, 5.74) is -0.195. The van der Waals surface area contributed by atoms with Crippen LogP contribution in [0.2, 0.25) is 0 Å². The van der Waals surface area contributed by atoms with E-state index in [9.17, 15) is 18.5 Å². The van der Waals surface area contributed by atoms with Crippen LogP contribution in [0, 0.1) is 16.0 Å². The van der Waals surface area contributed by atoms with Crippen molar-refractivity contribution in [1.29, 1.82) is 0 Å². The van der Waals surface area contributed by atoms with Crippen LogP contribution in [0.5, 0.6) is 0 Å². The molecule has 1 saturated carbocycles. The lowest BCUT2D eigenvalue weighted by molar-refractivity contribution is -0.383. The van der Waals surface area contributed by atoms with Crippen molar-refractivity contribution in [2.75, 3.05) is 18.4 Å². The van der Waals surface area contributed by atoms with Gasteiger partial charge in [0.15, 0.2) is 5.00 Å². The maximum atomic E-state index is 12.1. The van der Waals surface area contributed by atoms with Crippen LogP contribution in [0.25, 0.3) is 0 Å². The van der Waals surface area contributed by atoms with Crippen LogP contribution in [-0.2, 0) is 10.0 Å². The molecule has 1 fully saturated rings. The van der Waals surface area contributed by atoms with Gasteiger partial charge in [-0.2, -0.15) is 0 Å². The first-order valence-corrected chi connectivity index (χ1v) is 8.75. The quantitative estimate of drug-likeness (QED) is 0.565. The molecule has 0 aromatic carbocycles. The summed E-state index contributed by atoms with van der Waals surface area (Å²) in [6, 6.07) is 1.11. The van der Waals surface area contributed by atoms with E-state index in [-0.39, 0.29) is 14.9 Å². The van der Waals surface area contributed by atoms with E-state index in [4.69, 9.17) is 0 Å². The van der Waals surface area contributed by atoms with E-state index in [0.717, 1.165) is 36.7 Å². The molecule has 0 unspecified atom stereocenters. The van der Waals surface area contributed by atoms with E-state index in [0.29, 0.717) is 19.0 Å². The molecule has 1 aromatic heterocycles. The van der Waals surface area contributed by atoms with Crippen LogP contribution in [0.3, 0.4) is 0 Å². The first kappa shape index (κ1) is 15.2. The van der Waals surface area contributed by atoms with E-state index in [1.165, 1.54) is 0 Å². The fourth-order valence-corrected chi connectivity index (χ4v) is 4.28. The number of thiophene rings is 1. The van der Waals surface area contributed by atoms with E-state index in [1.54, 1.807) is 6.92 Å². The Bertz CT molecular complexity index is 593. The van der Waals surface area contributed by atoms with Gasteiger partial charge in [0.2, 0.25) is 10.0 Å². The average Bonchev–Trinajstić information content (AvgIpc) is 3.07. The molecule has 0 amide bonds. The number of nitrogens with one attached hydrogen (secondary N) is 2. The maximum Gasteiger partial charge on any atom is 0.304 e. The van der Waals surface area contributed by atoms with E-state index < -0.39 is 14.9 Å². The Morgan fingerprint density at radius 2 is 2.20 bits per heavy atom. The largest absolute Gasteiger partial charge is 0.372 e. The van der Waals surface area contributed by atoms with Gasteiger partial charge in [-0.3, -0.25) is 10.1 Å². The minimum Gasteiger partial charge on any atom is -0.372 e. The zero-order valence-corrected chi connectivity index (χ0v) is 12.7. The number of hydrogen-bond donors (Lipinski definition) is 2. The predicted octanol–water partition coefficient (Wildman–Crippen LogP) is 2.17. The fraction of sp³-hybridized carbons (Fsp3) is 0.636. The molecule has 0 saturated heterocycles. The Morgan fingerprint density at radius 3 is 2.75 bits per heavy atom. The van der Waals surface area contributed by atoms with E-state index in [2.05, 4.69) is 10.0 Å². The smallest absolute Gasteiger partial charge is 0.304 e. The van der Waals surface area contributed by atoms with Gasteiger partial charge in [0.05, 0.1) is 4.92 Å². The van der Waals surface area contributed by atoms with Crippen LogP contribution >= 0.6 is 11.3 Å². The molecule has 1 aliphatic rings. The Labute approximate surface area is 121 Å². The van der Waals surface area contributed by atoms with Gasteiger partial charge in [0.1, 0.15) is 4.21 Å². The van der Waals surface area contributed by atoms with Gasteiger partial charge in [-0.15, -0.1) is 0 Å². The minimum absolute atomic E-state index is 0.0176. The molecule has 9 heteroatoms. The SMILES string of the molecule is CCNc1sc(S(=O)(=O)NCCC2CC2)cc1[N+](=O)[O-]. The Morgan fingerprint density at radius 1 is 1.50 bits per heavy atom. The van der Waals surface area contributed by atoms with Crippen LogP contribution < -0.4 is 10.0 Å². The molecule has 1 aliphatic carbocycles. The molecule has 0 aliphatic heterocycles. The van der Waals surface area contributed by atoms with Gasteiger partial charge >= 0.3 is 5.69 Å². The first-order chi connectivity index (χ1) is 9.44. The number of anilines is 1. The Balaban J connectivity index is 2.12. The molecule has 2 rings (SSSR count). The lowest BCUT2D eigenvalue weighted by Crippen LogP contribution is -2.24. The maximum absolute atomic E-state index is 12.1. The molecular formula is C11H17N3O4S2. The summed E-state index contributed by atoms with van der Waals surface area (Å²) in [7, 11) is -3.66. The van der Waals surface area contributed by atoms with Crippen LogP contribution in [0.15, 0.2) is 10.3 Å². The Kier molecular flexibility index (Phi) is 4.61. The third-order valence-electron chi connectivity index (χ3n) is 3.03. The summed E-state index contributed by atoms with van der Waals surface area (Å²) in [5.74, 6) is 0.632. The van der Waals surface area contributed by atoms with Crippen LogP contribution in [-0.4, -0.2) is 26.4 Å². The second kappa shape index (κ2) is 6.06. The molecule has 1 heterocycles. The van der Waals surface area contributed by atoms with Crippen molar-refractivity contribution in [2.24, 2.45) is 5.92 Å². The van der Waals surface area contributed by atoms with E-state index in [1.807, 2.05) is 0 Å². The second-order valence-corrected chi connectivity index (χ2v) is 7.74. The van der Waals surface area contributed by atoms with Gasteiger partial charge in [-0.25, -0.2) is 13.1 Å². The summed E-state index contributed by atoms with van der Waals surface area (Å²) < 4.78 is 26.6. The summed E-state index contributed by atoms with van der Waals surface area (Å²) in [6.07, 6.45) is 3.15. The second-order valence-electron chi connectivity index (χ2n) is 4.70. The first-order valence-electron chi connectivity index (χ1n) is 6.45. The summed E-state index contributed by atoms with van der Waals surface area (Å²) in [6.45, 7) is 2.68. The van der Waals surface area contributed by atoms with Crippen molar-refractivity contribution >= 4 is 32.0 Å². The number of sulfonamides is 1. The summed E-state index contributed by atoms with van der Waals surface area (Å²) in [4.78, 5) is 10.3. The van der Waals surface area contributed by atoms with Crippen molar-refractivity contribution in [3.05, 3.63) is 16.2 Å².